The van der Waals surface area contributed by atoms with E-state index in [1.54, 1.807) is 14.1 Å². The molecule has 0 atom stereocenters. The molecular weight excluding hydrogens is 102 g/mol. The highest BCUT2D eigenvalue weighted by Crippen LogP contribution is 1.92. The molecule has 2 nitrogen and oxygen atoms in total. The molecule has 0 aliphatic heterocycles. The molecule has 0 amide bonds. The summed E-state index contributed by atoms with van der Waals surface area (Å²) in [6.45, 7) is 0.510. The zero-order chi connectivity index (χ0) is 6.62. The third-order valence-electron chi connectivity index (χ3n) is 0.795. The van der Waals surface area contributed by atoms with Gasteiger partial charge >= 0.3 is 0 Å². The van der Waals surface area contributed by atoms with Crippen molar-refractivity contribution in [3.63, 3.8) is 0 Å². The van der Waals surface area contributed by atoms with Crippen molar-refractivity contribution >= 4 is 0 Å². The van der Waals surface area contributed by atoms with E-state index >= 15 is 0 Å². The van der Waals surface area contributed by atoms with Crippen molar-refractivity contribution in [1.82, 2.24) is 0 Å². The molecule has 8 heavy (non-hydrogen) atoms. The third kappa shape index (κ3) is 5.48. The van der Waals surface area contributed by atoms with Crippen LogP contribution in [0.4, 0.5) is 0 Å². The van der Waals surface area contributed by atoms with Gasteiger partial charge in [-0.25, -0.2) is 0 Å². The summed E-state index contributed by atoms with van der Waals surface area (Å²) in [5.41, 5.74) is 0. The van der Waals surface area contributed by atoms with Crippen molar-refractivity contribution in [2.45, 2.75) is 6.42 Å². The van der Waals surface area contributed by atoms with Gasteiger partial charge in [-0.15, -0.1) is 12.3 Å². The van der Waals surface area contributed by atoms with Gasteiger partial charge in [-0.05, 0) is 0 Å². The average Bonchev–Trinajstić information content (AvgIpc) is 1.59. The number of hydrogen-bond donors (Lipinski definition) is 0. The molecule has 0 aromatic rings. The van der Waals surface area contributed by atoms with Gasteiger partial charge in [0.05, 0.1) is 27.1 Å². The van der Waals surface area contributed by atoms with Crippen molar-refractivity contribution in [3.05, 3.63) is 5.21 Å². The Balaban J connectivity index is 3.28. The molecule has 2 heteroatoms. The monoisotopic (exact) mass is 113 g/mol. The lowest BCUT2D eigenvalue weighted by Gasteiger charge is -2.32. The second-order valence-corrected chi connectivity index (χ2v) is 2.25. The van der Waals surface area contributed by atoms with Gasteiger partial charge in [0, 0.05) is 0 Å². The first-order valence-electron chi connectivity index (χ1n) is 2.54. The minimum absolute atomic E-state index is 0.288. The smallest absolute Gasteiger partial charge is 0.0890 e. The summed E-state index contributed by atoms with van der Waals surface area (Å²) >= 11 is 0. The summed E-state index contributed by atoms with van der Waals surface area (Å²) < 4.78 is -0.288. The fourth-order valence-corrected chi connectivity index (χ4v) is 0.334. The number of hydroxylamine groups is 3. The van der Waals surface area contributed by atoms with Crippen LogP contribution >= 0.6 is 0 Å². The van der Waals surface area contributed by atoms with Crippen LogP contribution in [-0.2, 0) is 0 Å². The molecule has 0 aliphatic carbocycles. The third-order valence-corrected chi connectivity index (χ3v) is 0.795. The van der Waals surface area contributed by atoms with Crippen molar-refractivity contribution in [1.29, 1.82) is 0 Å². The Morgan fingerprint density at radius 3 is 2.25 bits per heavy atom. The van der Waals surface area contributed by atoms with Crippen LogP contribution < -0.4 is 0 Å². The maximum absolute atomic E-state index is 10.7. The number of quaternary nitrogens is 1. The van der Waals surface area contributed by atoms with Gasteiger partial charge in [0.2, 0.25) is 0 Å². The first-order chi connectivity index (χ1) is 3.56. The molecular formula is C6H11NO. The molecule has 0 radical (unpaired) electrons. The molecule has 0 spiro atoms. The number of nitrogens with zero attached hydrogens (tertiary/aromatic N) is 1. The molecule has 0 fully saturated rings. The van der Waals surface area contributed by atoms with Crippen molar-refractivity contribution < 1.29 is 4.65 Å². The average molecular weight is 113 g/mol. The lowest BCUT2D eigenvalue weighted by molar-refractivity contribution is -0.839. The molecule has 0 saturated carbocycles. The van der Waals surface area contributed by atoms with Crippen LogP contribution in [0, 0.1) is 17.6 Å². The lowest BCUT2D eigenvalue weighted by atomic mass is 10.4. The second kappa shape index (κ2) is 2.71. The molecule has 0 unspecified atom stereocenters. The predicted octanol–water partition coefficient (Wildman–Crippen LogP) is 0.584. The van der Waals surface area contributed by atoms with E-state index in [0.29, 0.717) is 13.0 Å². The highest BCUT2D eigenvalue weighted by atomic mass is 16.5. The van der Waals surface area contributed by atoms with Crippen LogP contribution in [0.5, 0.6) is 0 Å². The van der Waals surface area contributed by atoms with Gasteiger partial charge in [-0.2, -0.15) is 0 Å². The fraction of sp³-hybridized carbons (Fsp3) is 0.667. The van der Waals surface area contributed by atoms with Crippen LogP contribution in [0.3, 0.4) is 0 Å². The minimum atomic E-state index is -0.288. The molecule has 0 heterocycles. The first kappa shape index (κ1) is 7.48. The largest absolute Gasteiger partial charge is 0.633 e. The van der Waals surface area contributed by atoms with E-state index in [2.05, 4.69) is 5.92 Å². The summed E-state index contributed by atoms with van der Waals surface area (Å²) in [4.78, 5) is 0. The van der Waals surface area contributed by atoms with E-state index in [0.717, 1.165) is 0 Å². The van der Waals surface area contributed by atoms with Gasteiger partial charge in [-0.3, -0.25) is 0 Å². The Bertz CT molecular complexity index is 96.1. The van der Waals surface area contributed by atoms with Gasteiger partial charge in [0.15, 0.2) is 0 Å². The van der Waals surface area contributed by atoms with Gasteiger partial charge in [0.25, 0.3) is 0 Å². The zero-order valence-electron chi connectivity index (χ0n) is 5.35. The SMILES string of the molecule is C#CCC[N+](C)(C)[O-]. The van der Waals surface area contributed by atoms with Crippen LogP contribution in [0.1, 0.15) is 6.42 Å². The first-order valence-corrected chi connectivity index (χ1v) is 2.54. The van der Waals surface area contributed by atoms with E-state index in [4.69, 9.17) is 6.42 Å². The van der Waals surface area contributed by atoms with E-state index in [-0.39, 0.29) is 4.65 Å². The van der Waals surface area contributed by atoms with E-state index < -0.39 is 0 Å². The molecule has 0 saturated heterocycles. The Kier molecular flexibility index (Phi) is 2.53. The molecule has 0 bridgehead atoms. The Hall–Kier alpha value is -0.520. The quantitative estimate of drug-likeness (QED) is 0.292. The molecule has 0 aliphatic rings. The van der Waals surface area contributed by atoms with Crippen LogP contribution in [0.2, 0.25) is 0 Å². The van der Waals surface area contributed by atoms with Crippen LogP contribution in [0.25, 0.3) is 0 Å². The lowest BCUT2D eigenvalue weighted by Crippen LogP contribution is -2.32. The maximum Gasteiger partial charge on any atom is 0.0890 e. The predicted molar refractivity (Wildman–Crippen MR) is 33.8 cm³/mol. The van der Waals surface area contributed by atoms with Crippen molar-refractivity contribution in [3.8, 4) is 12.3 Å². The number of hydrogen-bond acceptors (Lipinski definition) is 1. The standard InChI is InChI=1S/C6H11NO/c1-4-5-6-7(2,3)8/h1H,5-6H2,2-3H3. The second-order valence-electron chi connectivity index (χ2n) is 2.25. The molecule has 0 aromatic heterocycles. The van der Waals surface area contributed by atoms with Crippen molar-refractivity contribution in [2.75, 3.05) is 20.6 Å². The summed E-state index contributed by atoms with van der Waals surface area (Å²) in [5.74, 6) is 2.41. The summed E-state index contributed by atoms with van der Waals surface area (Å²) in [6.07, 6.45) is 5.50. The highest BCUT2D eigenvalue weighted by Gasteiger charge is 1.96. The fourth-order valence-electron chi connectivity index (χ4n) is 0.334. The molecule has 46 valence electrons. The highest BCUT2D eigenvalue weighted by molar-refractivity contribution is 4.82. The Morgan fingerprint density at radius 2 is 2.12 bits per heavy atom. The molecule has 0 N–H and O–H groups in total. The molecule has 0 rings (SSSR count). The van der Waals surface area contributed by atoms with E-state index in [9.17, 15) is 5.21 Å². The minimum Gasteiger partial charge on any atom is -0.633 e. The van der Waals surface area contributed by atoms with E-state index in [1.165, 1.54) is 0 Å². The van der Waals surface area contributed by atoms with Crippen LogP contribution in [-0.4, -0.2) is 25.3 Å². The normalized spacial score (nSPS) is 10.8. The number of terminal acetylenes is 1. The van der Waals surface area contributed by atoms with Gasteiger partial charge in [0.1, 0.15) is 0 Å². The Morgan fingerprint density at radius 1 is 1.62 bits per heavy atom. The summed E-state index contributed by atoms with van der Waals surface area (Å²) in [6, 6.07) is 0. The van der Waals surface area contributed by atoms with Gasteiger partial charge in [-0.1, -0.05) is 0 Å². The number of rotatable bonds is 2. The van der Waals surface area contributed by atoms with E-state index in [1.807, 2.05) is 0 Å². The van der Waals surface area contributed by atoms with Gasteiger partial charge < -0.3 is 9.85 Å². The summed E-state index contributed by atoms with van der Waals surface area (Å²) in [7, 11) is 3.16. The zero-order valence-corrected chi connectivity index (χ0v) is 5.35. The molecule has 0 aromatic carbocycles. The summed E-state index contributed by atoms with van der Waals surface area (Å²) in [5, 5.41) is 10.7. The topological polar surface area (TPSA) is 23.1 Å². The maximum atomic E-state index is 10.7. The Labute approximate surface area is 50.3 Å². The van der Waals surface area contributed by atoms with Crippen LogP contribution in [0.15, 0.2) is 0 Å². The van der Waals surface area contributed by atoms with Crippen molar-refractivity contribution in [2.24, 2.45) is 0 Å².